The zero-order chi connectivity index (χ0) is 22.4. The minimum absolute atomic E-state index is 0.113. The van der Waals surface area contributed by atoms with Gasteiger partial charge in [0.25, 0.3) is 5.56 Å². The quantitative estimate of drug-likeness (QED) is 0.292. The second kappa shape index (κ2) is 10.8. The highest BCUT2D eigenvalue weighted by Crippen LogP contribution is 2.26. The molecule has 1 amide bonds. The van der Waals surface area contributed by atoms with E-state index in [0.29, 0.717) is 46.5 Å². The first kappa shape index (κ1) is 23.3. The van der Waals surface area contributed by atoms with Gasteiger partial charge in [0.05, 0.1) is 21.8 Å². The minimum Gasteiger partial charge on any atom is -0.382 e. The van der Waals surface area contributed by atoms with Crippen LogP contribution >= 0.6 is 23.4 Å². The maximum absolute atomic E-state index is 13.3. The van der Waals surface area contributed by atoms with E-state index >= 15 is 0 Å². The number of aromatic nitrogens is 2. The van der Waals surface area contributed by atoms with Gasteiger partial charge in [-0.2, -0.15) is 0 Å². The van der Waals surface area contributed by atoms with Crippen molar-refractivity contribution in [2.45, 2.75) is 37.6 Å². The minimum atomic E-state index is -0.438. The molecule has 0 bridgehead atoms. The van der Waals surface area contributed by atoms with Gasteiger partial charge in [0.15, 0.2) is 5.16 Å². The Kier molecular flexibility index (Phi) is 8.12. The molecule has 0 saturated heterocycles. The van der Waals surface area contributed by atoms with E-state index < -0.39 is 5.25 Å². The molecule has 0 aliphatic rings. The van der Waals surface area contributed by atoms with Gasteiger partial charge in [-0.1, -0.05) is 35.5 Å². The van der Waals surface area contributed by atoms with Crippen molar-refractivity contribution < 1.29 is 9.53 Å². The zero-order valence-corrected chi connectivity index (χ0v) is 19.4. The third-order valence-corrected chi connectivity index (χ3v) is 5.97. The number of amides is 1. The molecule has 0 saturated carbocycles. The van der Waals surface area contributed by atoms with E-state index in [-0.39, 0.29) is 11.5 Å². The summed E-state index contributed by atoms with van der Waals surface area (Å²) >= 11 is 7.37. The lowest BCUT2D eigenvalue weighted by atomic mass is 10.2. The predicted octanol–water partition coefficient (Wildman–Crippen LogP) is 4.37. The topological polar surface area (TPSA) is 73.2 Å². The summed E-state index contributed by atoms with van der Waals surface area (Å²) in [6, 6.07) is 12.7. The third kappa shape index (κ3) is 5.87. The van der Waals surface area contributed by atoms with Gasteiger partial charge in [0.1, 0.15) is 0 Å². The van der Waals surface area contributed by atoms with Crippen molar-refractivity contribution in [3.05, 3.63) is 63.4 Å². The maximum atomic E-state index is 13.3. The van der Waals surface area contributed by atoms with Gasteiger partial charge in [-0.25, -0.2) is 4.98 Å². The molecule has 3 aromatic rings. The highest BCUT2D eigenvalue weighted by molar-refractivity contribution is 8.00. The molecule has 1 N–H and O–H groups in total. The van der Waals surface area contributed by atoms with Crippen LogP contribution in [0.5, 0.6) is 0 Å². The summed E-state index contributed by atoms with van der Waals surface area (Å²) in [5.41, 5.74) is 2.05. The largest absolute Gasteiger partial charge is 0.382 e. The highest BCUT2D eigenvalue weighted by Gasteiger charge is 2.20. The van der Waals surface area contributed by atoms with Crippen LogP contribution in [0.3, 0.4) is 0 Å². The number of halogens is 1. The average molecular weight is 460 g/mol. The summed E-state index contributed by atoms with van der Waals surface area (Å²) in [6.45, 7) is 7.52. The van der Waals surface area contributed by atoms with Gasteiger partial charge < -0.3 is 10.1 Å². The fourth-order valence-corrected chi connectivity index (χ4v) is 4.22. The second-order valence-electron chi connectivity index (χ2n) is 7.14. The molecule has 31 heavy (non-hydrogen) atoms. The van der Waals surface area contributed by atoms with Crippen molar-refractivity contribution in [2.24, 2.45) is 0 Å². The first-order chi connectivity index (χ1) is 14.9. The molecule has 2 aromatic carbocycles. The smallest absolute Gasteiger partial charge is 0.266 e. The van der Waals surface area contributed by atoms with Crippen LogP contribution in [-0.2, 0) is 9.53 Å². The van der Waals surface area contributed by atoms with Gasteiger partial charge in [-0.05, 0) is 63.1 Å². The van der Waals surface area contributed by atoms with Crippen molar-refractivity contribution >= 4 is 40.2 Å². The molecule has 0 radical (unpaired) electrons. The molecule has 1 unspecified atom stereocenters. The van der Waals surface area contributed by atoms with Gasteiger partial charge in [0, 0.05) is 24.8 Å². The van der Waals surface area contributed by atoms with Crippen LogP contribution in [0, 0.1) is 6.92 Å². The van der Waals surface area contributed by atoms with Crippen LogP contribution in [0.2, 0.25) is 5.02 Å². The van der Waals surface area contributed by atoms with Gasteiger partial charge in [-0.15, -0.1) is 0 Å². The van der Waals surface area contributed by atoms with E-state index in [0.717, 1.165) is 12.0 Å². The highest BCUT2D eigenvalue weighted by atomic mass is 35.5. The van der Waals surface area contributed by atoms with Gasteiger partial charge in [0.2, 0.25) is 5.91 Å². The van der Waals surface area contributed by atoms with Crippen molar-refractivity contribution in [3.8, 4) is 5.69 Å². The number of hydrogen-bond acceptors (Lipinski definition) is 5. The van der Waals surface area contributed by atoms with E-state index in [1.165, 1.54) is 11.8 Å². The van der Waals surface area contributed by atoms with E-state index in [2.05, 4.69) is 10.3 Å². The fraction of sp³-hybridized carbons (Fsp3) is 0.348. The summed E-state index contributed by atoms with van der Waals surface area (Å²) < 4.78 is 6.86. The number of ether oxygens (including phenoxy) is 1. The second-order valence-corrected chi connectivity index (χ2v) is 8.88. The van der Waals surface area contributed by atoms with Gasteiger partial charge >= 0.3 is 0 Å². The predicted molar refractivity (Wildman–Crippen MR) is 127 cm³/mol. The zero-order valence-electron chi connectivity index (χ0n) is 17.9. The molecule has 0 fully saturated rings. The number of carbonyl (C=O) groups excluding carboxylic acids is 1. The maximum Gasteiger partial charge on any atom is 0.266 e. The van der Waals surface area contributed by atoms with E-state index in [9.17, 15) is 9.59 Å². The Labute approximate surface area is 191 Å². The standard InChI is InChI=1S/C23H26ClN3O3S/c1-4-30-12-6-11-25-21(28)16(3)31-23-26-20-14-17(24)9-10-19(20)22(29)27(23)18-8-5-7-15(2)13-18/h5,7-10,13-14,16H,4,6,11-12H2,1-3H3,(H,25,28). The Hall–Kier alpha value is -2.35. The molecule has 0 aliphatic carbocycles. The molecule has 1 atom stereocenters. The van der Waals surface area contributed by atoms with Gasteiger partial charge in [-0.3, -0.25) is 14.2 Å². The Bertz CT molecular complexity index is 1130. The summed E-state index contributed by atoms with van der Waals surface area (Å²) in [7, 11) is 0. The van der Waals surface area contributed by atoms with Crippen LogP contribution in [-0.4, -0.2) is 40.5 Å². The lowest BCUT2D eigenvalue weighted by Gasteiger charge is -2.17. The molecule has 3 rings (SSSR count). The lowest BCUT2D eigenvalue weighted by Crippen LogP contribution is -2.33. The summed E-state index contributed by atoms with van der Waals surface area (Å²) in [5.74, 6) is -0.113. The molecule has 8 heteroatoms. The normalized spacial score (nSPS) is 12.1. The molecular formula is C23H26ClN3O3S. The van der Waals surface area contributed by atoms with Crippen LogP contribution < -0.4 is 10.9 Å². The number of nitrogens with zero attached hydrogens (tertiary/aromatic N) is 2. The van der Waals surface area contributed by atoms with Crippen molar-refractivity contribution in [1.29, 1.82) is 0 Å². The Morgan fingerprint density at radius 2 is 2.10 bits per heavy atom. The monoisotopic (exact) mass is 459 g/mol. The van der Waals surface area contributed by atoms with Crippen molar-refractivity contribution in [2.75, 3.05) is 19.8 Å². The first-order valence-electron chi connectivity index (χ1n) is 10.2. The molecule has 164 valence electrons. The molecule has 0 aliphatic heterocycles. The number of hydrogen-bond donors (Lipinski definition) is 1. The lowest BCUT2D eigenvalue weighted by molar-refractivity contribution is -0.120. The Morgan fingerprint density at radius 1 is 1.29 bits per heavy atom. The van der Waals surface area contributed by atoms with E-state index in [1.54, 1.807) is 29.7 Å². The summed E-state index contributed by atoms with van der Waals surface area (Å²) in [5, 5.41) is 3.90. The number of rotatable bonds is 9. The van der Waals surface area contributed by atoms with Crippen LogP contribution in [0.1, 0.15) is 25.8 Å². The molecule has 6 nitrogen and oxygen atoms in total. The fourth-order valence-electron chi connectivity index (χ4n) is 3.10. The number of fused-ring (bicyclic) bond motifs is 1. The van der Waals surface area contributed by atoms with Crippen LogP contribution in [0.15, 0.2) is 52.4 Å². The number of carbonyl (C=O) groups is 1. The number of benzene rings is 2. The van der Waals surface area contributed by atoms with Crippen LogP contribution in [0.25, 0.3) is 16.6 Å². The number of aryl methyl sites for hydroxylation is 1. The van der Waals surface area contributed by atoms with E-state index in [1.807, 2.05) is 38.1 Å². The number of nitrogens with one attached hydrogen (secondary N) is 1. The third-order valence-electron chi connectivity index (χ3n) is 4.68. The molecule has 0 spiro atoms. The van der Waals surface area contributed by atoms with Crippen molar-refractivity contribution in [1.82, 2.24) is 14.9 Å². The molecule has 1 heterocycles. The van der Waals surface area contributed by atoms with Crippen LogP contribution in [0.4, 0.5) is 0 Å². The number of thioether (sulfide) groups is 1. The summed E-state index contributed by atoms with van der Waals surface area (Å²) in [6.07, 6.45) is 0.748. The average Bonchev–Trinajstić information content (AvgIpc) is 2.73. The first-order valence-corrected chi connectivity index (χ1v) is 11.5. The SMILES string of the molecule is CCOCCCNC(=O)C(C)Sc1nc2cc(Cl)ccc2c(=O)n1-c1cccc(C)c1. The summed E-state index contributed by atoms with van der Waals surface area (Å²) in [4.78, 5) is 30.6. The van der Waals surface area contributed by atoms with E-state index in [4.69, 9.17) is 16.3 Å². The Morgan fingerprint density at radius 3 is 2.84 bits per heavy atom. The molecular weight excluding hydrogens is 434 g/mol. The molecule has 1 aromatic heterocycles. The Balaban J connectivity index is 1.93. The van der Waals surface area contributed by atoms with Crippen molar-refractivity contribution in [3.63, 3.8) is 0 Å².